The van der Waals surface area contributed by atoms with Crippen LogP contribution >= 0.6 is 0 Å². The van der Waals surface area contributed by atoms with Gasteiger partial charge in [0.25, 0.3) is 0 Å². The van der Waals surface area contributed by atoms with Gasteiger partial charge in [0.2, 0.25) is 0 Å². The summed E-state index contributed by atoms with van der Waals surface area (Å²) in [5.41, 5.74) is 4.36. The van der Waals surface area contributed by atoms with Crippen LogP contribution in [0.25, 0.3) is 5.65 Å². The van der Waals surface area contributed by atoms with Crippen LogP contribution in [0, 0.1) is 13.8 Å². The van der Waals surface area contributed by atoms with Gasteiger partial charge >= 0.3 is 0 Å². The zero-order valence-electron chi connectivity index (χ0n) is 12.0. The minimum absolute atomic E-state index is 0.0123. The Morgan fingerprint density at radius 3 is 2.76 bits per heavy atom. The Labute approximate surface area is 122 Å². The molecule has 3 aromatic rings. The Hall–Kier alpha value is -2.53. The number of fused-ring (bicyclic) bond motifs is 1. The van der Waals surface area contributed by atoms with E-state index < -0.39 is 0 Å². The van der Waals surface area contributed by atoms with Crippen LogP contribution in [0.15, 0.2) is 52.8 Å². The molecule has 1 aromatic carbocycles. The molecule has 0 aliphatic heterocycles. The summed E-state index contributed by atoms with van der Waals surface area (Å²) < 4.78 is 1.85. The lowest BCUT2D eigenvalue weighted by atomic mass is 10.2. The molecule has 0 saturated carbocycles. The molecule has 0 unspecified atom stereocenters. The molecule has 0 atom stereocenters. The molecular formula is C16H16N4O. The van der Waals surface area contributed by atoms with Crippen molar-refractivity contribution in [2.45, 2.75) is 20.5 Å². The number of aromatic nitrogens is 2. The zero-order chi connectivity index (χ0) is 14.8. The van der Waals surface area contributed by atoms with Gasteiger partial charge in [0.1, 0.15) is 5.65 Å². The highest BCUT2D eigenvalue weighted by Crippen LogP contribution is 2.24. The molecular weight excluding hydrogens is 264 g/mol. The van der Waals surface area contributed by atoms with Crippen molar-refractivity contribution in [1.29, 1.82) is 0 Å². The fourth-order valence-corrected chi connectivity index (χ4v) is 2.20. The van der Waals surface area contributed by atoms with E-state index in [-0.39, 0.29) is 6.61 Å². The Morgan fingerprint density at radius 1 is 1.14 bits per heavy atom. The smallest absolute Gasteiger partial charge is 0.182 e. The van der Waals surface area contributed by atoms with Gasteiger partial charge < -0.3 is 5.11 Å². The van der Waals surface area contributed by atoms with Crippen molar-refractivity contribution in [2.75, 3.05) is 0 Å². The van der Waals surface area contributed by atoms with E-state index in [0.717, 1.165) is 28.2 Å². The lowest BCUT2D eigenvalue weighted by molar-refractivity contribution is 0.281. The number of aliphatic hydroxyl groups excluding tert-OH is 1. The third kappa shape index (κ3) is 2.68. The van der Waals surface area contributed by atoms with Crippen LogP contribution in [0.1, 0.15) is 16.8 Å². The Kier molecular flexibility index (Phi) is 3.50. The van der Waals surface area contributed by atoms with Crippen molar-refractivity contribution in [1.82, 2.24) is 9.38 Å². The summed E-state index contributed by atoms with van der Waals surface area (Å²) in [5, 5.41) is 17.8. The molecule has 0 aliphatic carbocycles. The van der Waals surface area contributed by atoms with Crippen LogP contribution in [0.2, 0.25) is 0 Å². The summed E-state index contributed by atoms with van der Waals surface area (Å²) in [6.07, 6.45) is 1.83. The third-order valence-corrected chi connectivity index (χ3v) is 3.27. The van der Waals surface area contributed by atoms with Crippen LogP contribution in [-0.4, -0.2) is 14.5 Å². The van der Waals surface area contributed by atoms with Crippen molar-refractivity contribution in [2.24, 2.45) is 10.2 Å². The van der Waals surface area contributed by atoms with Crippen LogP contribution in [-0.2, 0) is 6.61 Å². The van der Waals surface area contributed by atoms with Crippen LogP contribution < -0.4 is 0 Å². The van der Waals surface area contributed by atoms with E-state index in [1.165, 1.54) is 0 Å². The summed E-state index contributed by atoms with van der Waals surface area (Å²) >= 11 is 0. The number of pyridine rings is 1. The van der Waals surface area contributed by atoms with Crippen molar-refractivity contribution in [3.63, 3.8) is 0 Å². The van der Waals surface area contributed by atoms with Crippen molar-refractivity contribution >= 4 is 17.2 Å². The third-order valence-electron chi connectivity index (χ3n) is 3.27. The topological polar surface area (TPSA) is 62.2 Å². The largest absolute Gasteiger partial charge is 0.392 e. The molecule has 2 aromatic heterocycles. The van der Waals surface area contributed by atoms with E-state index in [1.807, 2.05) is 60.8 Å². The van der Waals surface area contributed by atoms with Gasteiger partial charge in [-0.3, -0.25) is 4.40 Å². The summed E-state index contributed by atoms with van der Waals surface area (Å²) in [5.74, 6) is 0.682. The number of benzene rings is 1. The van der Waals surface area contributed by atoms with Gasteiger partial charge in [0.15, 0.2) is 5.82 Å². The van der Waals surface area contributed by atoms with E-state index in [0.29, 0.717) is 5.82 Å². The summed E-state index contributed by atoms with van der Waals surface area (Å²) in [6.45, 7) is 3.91. The van der Waals surface area contributed by atoms with Crippen molar-refractivity contribution in [3.8, 4) is 0 Å². The second-order valence-electron chi connectivity index (χ2n) is 4.98. The number of aliphatic hydroxyl groups is 1. The molecule has 0 saturated heterocycles. The first-order valence-corrected chi connectivity index (χ1v) is 6.74. The normalized spacial score (nSPS) is 11.6. The summed E-state index contributed by atoms with van der Waals surface area (Å²) in [6, 6.07) is 11.6. The standard InChI is InChI=1S/C16H16N4O/c1-11-4-3-5-14(8-11)18-19-16-12(2)17-15-7-6-13(10-21)9-20(15)16/h3-9,21H,10H2,1-2H3. The highest BCUT2D eigenvalue weighted by Gasteiger charge is 2.08. The molecule has 0 amide bonds. The summed E-state index contributed by atoms with van der Waals surface area (Å²) in [7, 11) is 0. The number of rotatable bonds is 3. The first-order valence-electron chi connectivity index (χ1n) is 6.74. The quantitative estimate of drug-likeness (QED) is 0.740. The molecule has 0 fully saturated rings. The van der Waals surface area contributed by atoms with Crippen LogP contribution in [0.4, 0.5) is 11.5 Å². The second-order valence-corrected chi connectivity index (χ2v) is 4.98. The van der Waals surface area contributed by atoms with Gasteiger partial charge in [-0.05, 0) is 43.2 Å². The molecule has 0 spiro atoms. The molecule has 0 radical (unpaired) electrons. The highest BCUT2D eigenvalue weighted by molar-refractivity contribution is 5.52. The molecule has 106 valence electrons. The first-order chi connectivity index (χ1) is 10.2. The predicted molar refractivity (Wildman–Crippen MR) is 81.2 cm³/mol. The highest BCUT2D eigenvalue weighted by atomic mass is 16.3. The number of aryl methyl sites for hydroxylation is 2. The van der Waals surface area contributed by atoms with Gasteiger partial charge in [0.05, 0.1) is 18.0 Å². The second kappa shape index (κ2) is 5.46. The molecule has 0 aliphatic rings. The maximum atomic E-state index is 9.25. The Balaban J connectivity index is 2.05. The van der Waals surface area contributed by atoms with Crippen LogP contribution in [0.5, 0.6) is 0 Å². The van der Waals surface area contributed by atoms with Gasteiger partial charge in [0, 0.05) is 6.20 Å². The molecule has 2 heterocycles. The maximum Gasteiger partial charge on any atom is 0.182 e. The molecule has 1 N–H and O–H groups in total. The van der Waals surface area contributed by atoms with E-state index in [9.17, 15) is 5.11 Å². The van der Waals surface area contributed by atoms with E-state index in [1.54, 1.807) is 0 Å². The number of azo groups is 1. The van der Waals surface area contributed by atoms with E-state index in [2.05, 4.69) is 15.2 Å². The molecule has 21 heavy (non-hydrogen) atoms. The number of hydrogen-bond donors (Lipinski definition) is 1. The monoisotopic (exact) mass is 280 g/mol. The Bertz CT molecular complexity index is 820. The van der Waals surface area contributed by atoms with Crippen molar-refractivity contribution in [3.05, 3.63) is 59.4 Å². The van der Waals surface area contributed by atoms with Gasteiger partial charge in [-0.2, -0.15) is 0 Å². The summed E-state index contributed by atoms with van der Waals surface area (Å²) in [4.78, 5) is 4.45. The fraction of sp³-hybridized carbons (Fsp3) is 0.188. The molecule has 0 bridgehead atoms. The average Bonchev–Trinajstić information content (AvgIpc) is 2.79. The van der Waals surface area contributed by atoms with Crippen molar-refractivity contribution < 1.29 is 5.11 Å². The maximum absolute atomic E-state index is 9.25. The van der Waals surface area contributed by atoms with Gasteiger partial charge in [-0.15, -0.1) is 10.2 Å². The van der Waals surface area contributed by atoms with E-state index in [4.69, 9.17) is 0 Å². The zero-order valence-corrected chi connectivity index (χ0v) is 12.0. The predicted octanol–water partition coefficient (Wildman–Crippen LogP) is 3.86. The fourth-order valence-electron chi connectivity index (χ4n) is 2.20. The minimum atomic E-state index is -0.0123. The lowest BCUT2D eigenvalue weighted by Gasteiger charge is -2.00. The average molecular weight is 280 g/mol. The number of hydrogen-bond acceptors (Lipinski definition) is 4. The number of imidazole rings is 1. The molecule has 5 nitrogen and oxygen atoms in total. The van der Waals surface area contributed by atoms with E-state index >= 15 is 0 Å². The molecule has 5 heteroatoms. The lowest BCUT2D eigenvalue weighted by Crippen LogP contribution is -1.89. The number of nitrogens with zero attached hydrogens (tertiary/aromatic N) is 4. The van der Waals surface area contributed by atoms with Crippen LogP contribution in [0.3, 0.4) is 0 Å². The minimum Gasteiger partial charge on any atom is -0.392 e. The first kappa shape index (κ1) is 13.5. The molecule has 3 rings (SSSR count). The SMILES string of the molecule is Cc1cccc(N=Nc2c(C)nc3ccc(CO)cn23)c1. The van der Waals surface area contributed by atoms with Gasteiger partial charge in [-0.25, -0.2) is 4.98 Å². The Morgan fingerprint density at radius 2 is 2.00 bits per heavy atom. The van der Waals surface area contributed by atoms with Gasteiger partial charge in [-0.1, -0.05) is 18.2 Å².